The van der Waals surface area contributed by atoms with Gasteiger partial charge in [0.05, 0.1) is 0 Å². The molecule has 1 N–H and O–H groups in total. The molecule has 0 saturated heterocycles. The fraction of sp³-hybridized carbons (Fsp3) is 0. The number of rotatable bonds is 2. The number of halogens is 2. The summed E-state index contributed by atoms with van der Waals surface area (Å²) in [7, 11) is 0. The number of benzene rings is 2. The van der Waals surface area contributed by atoms with Gasteiger partial charge in [-0.1, -0.05) is 0 Å². The highest BCUT2D eigenvalue weighted by Crippen LogP contribution is 2.34. The van der Waals surface area contributed by atoms with Crippen LogP contribution >= 0.6 is 0 Å². The zero-order valence-electron chi connectivity index (χ0n) is 10.1. The van der Waals surface area contributed by atoms with Gasteiger partial charge in [-0.3, -0.25) is 0 Å². The average molecular weight is 274 g/mol. The molecule has 3 aromatic rings. The van der Waals surface area contributed by atoms with Crippen molar-refractivity contribution in [3.63, 3.8) is 0 Å². The molecule has 0 radical (unpaired) electrons. The summed E-state index contributed by atoms with van der Waals surface area (Å²) in [5.74, 6) is -2.13. The van der Waals surface area contributed by atoms with Crippen LogP contribution in [-0.4, -0.2) is 11.1 Å². The van der Waals surface area contributed by atoms with E-state index < -0.39 is 17.6 Å². The zero-order chi connectivity index (χ0) is 14.3. The Bertz CT molecular complexity index is 804. The van der Waals surface area contributed by atoms with Crippen molar-refractivity contribution >= 4 is 16.9 Å². The summed E-state index contributed by atoms with van der Waals surface area (Å²) in [5.41, 5.74) is 0.551. The molecule has 1 aromatic heterocycles. The van der Waals surface area contributed by atoms with Gasteiger partial charge in [-0.2, -0.15) is 0 Å². The molecule has 0 amide bonds. The Morgan fingerprint density at radius 1 is 1.00 bits per heavy atom. The van der Waals surface area contributed by atoms with Crippen LogP contribution in [0.1, 0.15) is 10.4 Å². The number of aromatic carboxylic acids is 1. The smallest absolute Gasteiger partial charge is 0.340 e. The van der Waals surface area contributed by atoms with E-state index in [1.807, 2.05) is 0 Å². The molecule has 0 atom stereocenters. The van der Waals surface area contributed by atoms with E-state index >= 15 is 0 Å². The van der Waals surface area contributed by atoms with Crippen LogP contribution in [-0.2, 0) is 0 Å². The molecule has 2 aromatic carbocycles. The largest absolute Gasteiger partial charge is 0.478 e. The van der Waals surface area contributed by atoms with Crippen molar-refractivity contribution in [1.82, 2.24) is 0 Å². The molecule has 0 aliphatic heterocycles. The molecule has 0 aliphatic rings. The lowest BCUT2D eigenvalue weighted by Gasteiger charge is -1.99. The molecular weight excluding hydrogens is 266 g/mol. The summed E-state index contributed by atoms with van der Waals surface area (Å²) in [6.07, 6.45) is 0. The number of carbonyl (C=O) groups is 1. The Morgan fingerprint density at radius 3 is 2.30 bits per heavy atom. The summed E-state index contributed by atoms with van der Waals surface area (Å²) in [6.45, 7) is 0. The van der Waals surface area contributed by atoms with Crippen molar-refractivity contribution in [3.8, 4) is 11.3 Å². The van der Waals surface area contributed by atoms with Crippen LogP contribution in [0.4, 0.5) is 8.78 Å². The van der Waals surface area contributed by atoms with E-state index in [-0.39, 0.29) is 22.3 Å². The SMILES string of the molecule is O=C(O)c1c(-c2ccc(F)cc2)oc2ccc(F)cc12. The van der Waals surface area contributed by atoms with Gasteiger partial charge in [0.1, 0.15) is 28.5 Å². The van der Waals surface area contributed by atoms with Crippen LogP contribution in [0.3, 0.4) is 0 Å². The summed E-state index contributed by atoms with van der Waals surface area (Å²) < 4.78 is 31.7. The highest BCUT2D eigenvalue weighted by Gasteiger charge is 2.21. The number of furan rings is 1. The van der Waals surface area contributed by atoms with E-state index in [1.165, 1.54) is 36.4 Å². The van der Waals surface area contributed by atoms with E-state index in [2.05, 4.69) is 0 Å². The van der Waals surface area contributed by atoms with Gasteiger partial charge in [0.15, 0.2) is 0 Å². The van der Waals surface area contributed by atoms with E-state index in [9.17, 15) is 18.7 Å². The van der Waals surface area contributed by atoms with Crippen molar-refractivity contribution in [2.75, 3.05) is 0 Å². The molecule has 0 unspecified atom stereocenters. The number of hydrogen-bond donors (Lipinski definition) is 1. The van der Waals surface area contributed by atoms with Crippen LogP contribution in [0.15, 0.2) is 46.9 Å². The highest BCUT2D eigenvalue weighted by molar-refractivity contribution is 6.07. The number of carboxylic acids is 1. The van der Waals surface area contributed by atoms with Gasteiger partial charge in [0.2, 0.25) is 0 Å². The summed E-state index contributed by atoms with van der Waals surface area (Å²) in [5, 5.41) is 9.48. The van der Waals surface area contributed by atoms with Crippen molar-refractivity contribution in [3.05, 3.63) is 59.7 Å². The summed E-state index contributed by atoms with van der Waals surface area (Å²) >= 11 is 0. The zero-order valence-corrected chi connectivity index (χ0v) is 10.1. The van der Waals surface area contributed by atoms with Gasteiger partial charge in [-0.15, -0.1) is 0 Å². The van der Waals surface area contributed by atoms with Crippen molar-refractivity contribution in [2.45, 2.75) is 0 Å². The molecule has 20 heavy (non-hydrogen) atoms. The quantitative estimate of drug-likeness (QED) is 0.766. The fourth-order valence-electron chi connectivity index (χ4n) is 2.09. The first-order valence-electron chi connectivity index (χ1n) is 5.77. The average Bonchev–Trinajstić information content (AvgIpc) is 2.78. The maximum absolute atomic E-state index is 13.3. The second-order valence-electron chi connectivity index (χ2n) is 4.26. The minimum absolute atomic E-state index is 0.0816. The topological polar surface area (TPSA) is 50.4 Å². The van der Waals surface area contributed by atoms with Crippen LogP contribution in [0, 0.1) is 11.6 Å². The molecular formula is C15H8F2O3. The van der Waals surface area contributed by atoms with Crippen LogP contribution in [0.2, 0.25) is 0 Å². The standard InChI is InChI=1S/C15H8F2O3/c16-9-3-1-8(2-4-9)14-13(15(18)19)11-7-10(17)5-6-12(11)20-14/h1-7H,(H,18,19). The molecule has 3 rings (SSSR count). The molecule has 0 saturated carbocycles. The highest BCUT2D eigenvalue weighted by atomic mass is 19.1. The van der Waals surface area contributed by atoms with Gasteiger partial charge in [0, 0.05) is 10.9 Å². The molecule has 0 spiro atoms. The van der Waals surface area contributed by atoms with Gasteiger partial charge < -0.3 is 9.52 Å². The first-order chi connectivity index (χ1) is 9.56. The van der Waals surface area contributed by atoms with E-state index in [1.54, 1.807) is 0 Å². The summed E-state index contributed by atoms with van der Waals surface area (Å²) in [6, 6.07) is 8.89. The van der Waals surface area contributed by atoms with E-state index in [4.69, 9.17) is 4.42 Å². The predicted molar refractivity (Wildman–Crippen MR) is 68.5 cm³/mol. The monoisotopic (exact) mass is 274 g/mol. The fourth-order valence-corrected chi connectivity index (χ4v) is 2.09. The molecule has 5 heteroatoms. The van der Waals surface area contributed by atoms with E-state index in [0.29, 0.717) is 5.56 Å². The number of hydrogen-bond acceptors (Lipinski definition) is 2. The first-order valence-corrected chi connectivity index (χ1v) is 5.77. The molecule has 3 nitrogen and oxygen atoms in total. The Hall–Kier alpha value is -2.69. The van der Waals surface area contributed by atoms with Gasteiger partial charge in [0.25, 0.3) is 0 Å². The minimum Gasteiger partial charge on any atom is -0.478 e. The van der Waals surface area contributed by atoms with Crippen molar-refractivity contribution in [1.29, 1.82) is 0 Å². The number of fused-ring (bicyclic) bond motifs is 1. The molecule has 0 fully saturated rings. The number of carboxylic acid groups (broad SMARTS) is 1. The lowest BCUT2D eigenvalue weighted by atomic mass is 10.1. The normalized spacial score (nSPS) is 10.9. The van der Waals surface area contributed by atoms with Crippen molar-refractivity contribution in [2.24, 2.45) is 0 Å². The third kappa shape index (κ3) is 1.93. The molecule has 100 valence electrons. The lowest BCUT2D eigenvalue weighted by Crippen LogP contribution is -1.97. The predicted octanol–water partition coefficient (Wildman–Crippen LogP) is 4.08. The Kier molecular flexibility index (Phi) is 2.75. The summed E-state index contributed by atoms with van der Waals surface area (Å²) in [4.78, 5) is 11.4. The first kappa shape index (κ1) is 12.3. The molecule has 1 heterocycles. The maximum atomic E-state index is 13.3. The van der Waals surface area contributed by atoms with Gasteiger partial charge in [-0.25, -0.2) is 13.6 Å². The second-order valence-corrected chi connectivity index (χ2v) is 4.26. The van der Waals surface area contributed by atoms with Crippen LogP contribution < -0.4 is 0 Å². The van der Waals surface area contributed by atoms with Crippen LogP contribution in [0.25, 0.3) is 22.3 Å². The molecule has 0 aliphatic carbocycles. The van der Waals surface area contributed by atoms with Gasteiger partial charge in [-0.05, 0) is 42.5 Å². The third-order valence-electron chi connectivity index (χ3n) is 2.97. The third-order valence-corrected chi connectivity index (χ3v) is 2.97. The Morgan fingerprint density at radius 2 is 1.65 bits per heavy atom. The Balaban J connectivity index is 2.32. The maximum Gasteiger partial charge on any atom is 0.340 e. The van der Waals surface area contributed by atoms with Crippen molar-refractivity contribution < 1.29 is 23.1 Å². The second kappa shape index (κ2) is 4.45. The Labute approximate surface area is 112 Å². The lowest BCUT2D eigenvalue weighted by molar-refractivity contribution is 0.0699. The van der Waals surface area contributed by atoms with E-state index in [0.717, 1.165) is 6.07 Å². The molecule has 0 bridgehead atoms. The van der Waals surface area contributed by atoms with Crippen LogP contribution in [0.5, 0.6) is 0 Å². The minimum atomic E-state index is -1.23. The van der Waals surface area contributed by atoms with Gasteiger partial charge >= 0.3 is 5.97 Å².